The Labute approximate surface area is 150 Å². The Balaban J connectivity index is 1.70. The molecule has 1 amide bonds. The van der Waals surface area contributed by atoms with Crippen LogP contribution >= 0.6 is 11.3 Å². The minimum absolute atomic E-state index is 0.0988. The van der Waals surface area contributed by atoms with Crippen molar-refractivity contribution in [2.24, 2.45) is 0 Å². The maximum Gasteiger partial charge on any atom is 0.270 e. The molecule has 2 aromatic heterocycles. The largest absolute Gasteiger partial charge is 0.337 e. The summed E-state index contributed by atoms with van der Waals surface area (Å²) >= 11 is 1.64. The van der Waals surface area contributed by atoms with Crippen molar-refractivity contribution in [3.8, 4) is 0 Å². The maximum absolute atomic E-state index is 13.6. The van der Waals surface area contributed by atoms with Crippen LogP contribution in [-0.2, 0) is 6.54 Å². The number of rotatable bonds is 3. The maximum atomic E-state index is 13.6. The van der Waals surface area contributed by atoms with Crippen molar-refractivity contribution in [1.82, 2.24) is 9.47 Å². The highest BCUT2D eigenvalue weighted by atomic mass is 32.1. The van der Waals surface area contributed by atoms with Gasteiger partial charge in [0.05, 0.1) is 10.2 Å². The molecule has 130 valence electrons. The van der Waals surface area contributed by atoms with Crippen LogP contribution in [0.1, 0.15) is 41.7 Å². The van der Waals surface area contributed by atoms with Crippen molar-refractivity contribution in [2.75, 3.05) is 13.1 Å². The molecule has 1 aromatic carbocycles. The molecule has 1 fully saturated rings. The summed E-state index contributed by atoms with van der Waals surface area (Å²) in [5, 5.41) is 2.03. The van der Waals surface area contributed by atoms with Crippen LogP contribution in [0.3, 0.4) is 0 Å². The number of carbonyl (C=O) groups excluding carboxylic acids is 1. The standard InChI is InChI=1S/C20H21FN2OS/c21-16-7-5-6-15(12-16)14-23-17-8-11-25-19(17)13-18(23)20(24)22-9-3-1-2-4-10-22/h5-8,11-13H,1-4,9-10,14H2. The zero-order valence-electron chi connectivity index (χ0n) is 14.1. The number of thiophene rings is 1. The lowest BCUT2D eigenvalue weighted by molar-refractivity contribution is 0.0752. The number of nitrogens with zero attached hydrogens (tertiary/aromatic N) is 2. The van der Waals surface area contributed by atoms with E-state index in [0.717, 1.165) is 41.7 Å². The van der Waals surface area contributed by atoms with Gasteiger partial charge in [-0.1, -0.05) is 25.0 Å². The Morgan fingerprint density at radius 1 is 1.08 bits per heavy atom. The first-order chi connectivity index (χ1) is 12.2. The molecule has 0 spiro atoms. The summed E-state index contributed by atoms with van der Waals surface area (Å²) in [6.07, 6.45) is 4.54. The van der Waals surface area contributed by atoms with Gasteiger partial charge in [-0.15, -0.1) is 11.3 Å². The summed E-state index contributed by atoms with van der Waals surface area (Å²) < 4.78 is 16.7. The lowest BCUT2D eigenvalue weighted by atomic mass is 10.2. The van der Waals surface area contributed by atoms with E-state index in [1.165, 1.54) is 18.9 Å². The number of hydrogen-bond acceptors (Lipinski definition) is 2. The third-order valence-electron chi connectivity index (χ3n) is 4.86. The Morgan fingerprint density at radius 2 is 1.88 bits per heavy atom. The first-order valence-electron chi connectivity index (χ1n) is 8.83. The third kappa shape index (κ3) is 3.33. The molecule has 1 aliphatic heterocycles. The number of amides is 1. The zero-order valence-corrected chi connectivity index (χ0v) is 14.9. The summed E-state index contributed by atoms with van der Waals surface area (Å²) in [6, 6.07) is 10.6. The van der Waals surface area contributed by atoms with E-state index >= 15 is 0 Å². The predicted octanol–water partition coefficient (Wildman–Crippen LogP) is 4.91. The molecular weight excluding hydrogens is 335 g/mol. The number of fused-ring (bicyclic) bond motifs is 1. The normalized spacial score (nSPS) is 15.5. The van der Waals surface area contributed by atoms with Crippen LogP contribution in [0.2, 0.25) is 0 Å². The Kier molecular flexibility index (Phi) is 4.57. The molecule has 0 unspecified atom stereocenters. The fraction of sp³-hybridized carbons (Fsp3) is 0.350. The average Bonchev–Trinajstić information content (AvgIpc) is 3.07. The van der Waals surface area contributed by atoms with E-state index in [-0.39, 0.29) is 11.7 Å². The summed E-state index contributed by atoms with van der Waals surface area (Å²) in [4.78, 5) is 15.1. The second-order valence-corrected chi connectivity index (χ2v) is 7.57. The third-order valence-corrected chi connectivity index (χ3v) is 5.72. The zero-order chi connectivity index (χ0) is 17.2. The SMILES string of the molecule is O=C(c1cc2sccc2n1Cc1cccc(F)c1)N1CCCCCC1. The molecule has 1 saturated heterocycles. The van der Waals surface area contributed by atoms with Gasteiger partial charge in [-0.2, -0.15) is 0 Å². The second kappa shape index (κ2) is 7.00. The molecule has 0 atom stereocenters. The van der Waals surface area contributed by atoms with Gasteiger partial charge in [0.1, 0.15) is 11.5 Å². The molecule has 0 N–H and O–H groups in total. The van der Waals surface area contributed by atoms with Crippen LogP contribution in [0, 0.1) is 5.82 Å². The van der Waals surface area contributed by atoms with E-state index in [9.17, 15) is 9.18 Å². The van der Waals surface area contributed by atoms with Crippen molar-refractivity contribution in [3.05, 3.63) is 58.9 Å². The molecule has 3 nitrogen and oxygen atoms in total. The van der Waals surface area contributed by atoms with Gasteiger partial charge in [0.25, 0.3) is 5.91 Å². The van der Waals surface area contributed by atoms with Crippen molar-refractivity contribution >= 4 is 27.5 Å². The van der Waals surface area contributed by atoms with Crippen LogP contribution in [-0.4, -0.2) is 28.5 Å². The average molecular weight is 356 g/mol. The summed E-state index contributed by atoms with van der Waals surface area (Å²) in [7, 11) is 0. The molecular formula is C20H21FN2OS. The number of benzene rings is 1. The fourth-order valence-electron chi connectivity index (χ4n) is 3.58. The van der Waals surface area contributed by atoms with Gasteiger partial charge in [-0.05, 0) is 48.1 Å². The van der Waals surface area contributed by atoms with Crippen LogP contribution < -0.4 is 0 Å². The Morgan fingerprint density at radius 3 is 2.64 bits per heavy atom. The fourth-order valence-corrected chi connectivity index (χ4v) is 4.40. The molecule has 4 rings (SSSR count). The van der Waals surface area contributed by atoms with Crippen LogP contribution in [0.5, 0.6) is 0 Å². The van der Waals surface area contributed by atoms with E-state index in [1.54, 1.807) is 23.5 Å². The van der Waals surface area contributed by atoms with Gasteiger partial charge >= 0.3 is 0 Å². The number of likely N-dealkylation sites (tertiary alicyclic amines) is 1. The highest BCUT2D eigenvalue weighted by Gasteiger charge is 2.22. The van der Waals surface area contributed by atoms with Gasteiger partial charge in [0.2, 0.25) is 0 Å². The highest BCUT2D eigenvalue weighted by Crippen LogP contribution is 2.27. The van der Waals surface area contributed by atoms with Gasteiger partial charge < -0.3 is 9.47 Å². The number of hydrogen-bond donors (Lipinski definition) is 0. The van der Waals surface area contributed by atoms with Crippen LogP contribution in [0.15, 0.2) is 41.8 Å². The van der Waals surface area contributed by atoms with Crippen LogP contribution in [0.4, 0.5) is 4.39 Å². The molecule has 0 bridgehead atoms. The van der Waals surface area contributed by atoms with Crippen LogP contribution in [0.25, 0.3) is 10.2 Å². The van der Waals surface area contributed by atoms with E-state index in [2.05, 4.69) is 0 Å². The molecule has 25 heavy (non-hydrogen) atoms. The first-order valence-corrected chi connectivity index (χ1v) is 9.71. The van der Waals surface area contributed by atoms with Crippen molar-refractivity contribution in [1.29, 1.82) is 0 Å². The quantitative estimate of drug-likeness (QED) is 0.655. The monoisotopic (exact) mass is 356 g/mol. The minimum atomic E-state index is -0.244. The number of carbonyl (C=O) groups is 1. The lowest BCUT2D eigenvalue weighted by Crippen LogP contribution is -2.33. The topological polar surface area (TPSA) is 25.2 Å². The minimum Gasteiger partial charge on any atom is -0.337 e. The molecule has 0 aliphatic carbocycles. The molecule has 0 saturated carbocycles. The molecule has 3 heterocycles. The van der Waals surface area contributed by atoms with Gasteiger partial charge in [0, 0.05) is 19.6 Å². The number of halogens is 1. The van der Waals surface area contributed by atoms with E-state index in [0.29, 0.717) is 12.2 Å². The Bertz CT molecular complexity index is 890. The molecule has 0 radical (unpaired) electrons. The molecule has 1 aliphatic rings. The van der Waals surface area contributed by atoms with Crippen molar-refractivity contribution < 1.29 is 9.18 Å². The van der Waals surface area contributed by atoms with Crippen molar-refractivity contribution in [3.63, 3.8) is 0 Å². The van der Waals surface area contributed by atoms with Gasteiger partial charge in [-0.3, -0.25) is 4.79 Å². The molecule has 5 heteroatoms. The number of aromatic nitrogens is 1. The van der Waals surface area contributed by atoms with E-state index in [4.69, 9.17) is 0 Å². The first kappa shape index (κ1) is 16.3. The van der Waals surface area contributed by atoms with Gasteiger partial charge in [0.15, 0.2) is 0 Å². The van der Waals surface area contributed by atoms with Gasteiger partial charge in [-0.25, -0.2) is 4.39 Å². The van der Waals surface area contributed by atoms with E-state index in [1.807, 2.05) is 33.0 Å². The Hall–Kier alpha value is -2.14. The van der Waals surface area contributed by atoms with E-state index < -0.39 is 0 Å². The summed E-state index contributed by atoms with van der Waals surface area (Å²) in [6.45, 7) is 2.17. The predicted molar refractivity (Wildman–Crippen MR) is 99.7 cm³/mol. The second-order valence-electron chi connectivity index (χ2n) is 6.62. The van der Waals surface area contributed by atoms with Crippen molar-refractivity contribution in [2.45, 2.75) is 32.2 Å². The lowest BCUT2D eigenvalue weighted by Gasteiger charge is -2.21. The summed E-state index contributed by atoms with van der Waals surface area (Å²) in [5.41, 5.74) is 2.63. The summed E-state index contributed by atoms with van der Waals surface area (Å²) in [5.74, 6) is -0.145. The highest BCUT2D eigenvalue weighted by molar-refractivity contribution is 7.17. The molecule has 3 aromatic rings. The smallest absolute Gasteiger partial charge is 0.270 e.